The lowest BCUT2D eigenvalue weighted by molar-refractivity contribution is 0.447. The summed E-state index contributed by atoms with van der Waals surface area (Å²) in [4.78, 5) is 17.9. The maximum absolute atomic E-state index is 12.4. The first kappa shape index (κ1) is 18.6. The molecule has 2 heterocycles. The molecule has 0 unspecified atom stereocenters. The van der Waals surface area contributed by atoms with Crippen molar-refractivity contribution in [2.45, 2.75) is 39.7 Å². The fourth-order valence-corrected chi connectivity index (χ4v) is 4.06. The van der Waals surface area contributed by atoms with Crippen molar-refractivity contribution in [2.24, 2.45) is 5.92 Å². The molecule has 0 spiro atoms. The molecule has 0 amide bonds. The number of aromatic nitrogens is 1. The molecule has 2 aromatic carbocycles. The minimum Gasteiger partial charge on any atom is -0.381 e. The topological polar surface area (TPSA) is 48.1 Å². The number of hydrogen-bond acceptors (Lipinski definition) is 3. The van der Waals surface area contributed by atoms with Gasteiger partial charge in [-0.2, -0.15) is 0 Å². The Bertz CT molecular complexity index is 1010. The second-order valence-corrected chi connectivity index (χ2v) is 7.99. The molecule has 1 atom stereocenters. The van der Waals surface area contributed by atoms with Crippen molar-refractivity contribution in [3.8, 4) is 0 Å². The number of fused-ring (bicyclic) bond motifs is 1. The van der Waals surface area contributed by atoms with E-state index in [-0.39, 0.29) is 5.56 Å². The van der Waals surface area contributed by atoms with Crippen LogP contribution in [0.15, 0.2) is 53.3 Å². The van der Waals surface area contributed by atoms with E-state index >= 15 is 0 Å². The third-order valence-corrected chi connectivity index (χ3v) is 5.77. The van der Waals surface area contributed by atoms with Crippen molar-refractivity contribution >= 4 is 22.3 Å². The molecule has 4 rings (SSSR count). The Kier molecular flexibility index (Phi) is 5.38. The second kappa shape index (κ2) is 8.09. The maximum Gasteiger partial charge on any atom is 0.253 e. The van der Waals surface area contributed by atoms with Crippen molar-refractivity contribution in [3.05, 3.63) is 70.0 Å². The fourth-order valence-electron chi connectivity index (χ4n) is 4.06. The van der Waals surface area contributed by atoms with Crippen LogP contribution in [0.25, 0.3) is 10.9 Å². The van der Waals surface area contributed by atoms with E-state index in [9.17, 15) is 4.79 Å². The van der Waals surface area contributed by atoms with Gasteiger partial charge in [-0.25, -0.2) is 0 Å². The molecule has 4 heteroatoms. The molecule has 3 aromatic rings. The fraction of sp³-hybridized carbons (Fsp3) is 0.375. The molecule has 4 nitrogen and oxygen atoms in total. The first-order valence-corrected chi connectivity index (χ1v) is 10.4. The van der Waals surface area contributed by atoms with Crippen molar-refractivity contribution in [1.29, 1.82) is 0 Å². The number of nitrogens with one attached hydrogen (secondary N) is 2. The van der Waals surface area contributed by atoms with Gasteiger partial charge in [0.2, 0.25) is 0 Å². The lowest BCUT2D eigenvalue weighted by Gasteiger charge is -2.32. The maximum atomic E-state index is 12.4. The Hall–Kier alpha value is -2.75. The molecule has 2 N–H and O–H groups in total. The van der Waals surface area contributed by atoms with Gasteiger partial charge in [-0.1, -0.05) is 26.0 Å². The number of rotatable bonds is 5. The van der Waals surface area contributed by atoms with Crippen LogP contribution in [-0.2, 0) is 13.0 Å². The Balaban J connectivity index is 1.45. The van der Waals surface area contributed by atoms with E-state index in [1.165, 1.54) is 24.1 Å². The summed E-state index contributed by atoms with van der Waals surface area (Å²) in [7, 11) is 0. The summed E-state index contributed by atoms with van der Waals surface area (Å²) in [6.07, 6.45) is 3.56. The second-order valence-electron chi connectivity index (χ2n) is 7.99. The predicted octanol–water partition coefficient (Wildman–Crippen LogP) is 4.94. The molecule has 0 aliphatic carbocycles. The summed E-state index contributed by atoms with van der Waals surface area (Å²) >= 11 is 0. The van der Waals surface area contributed by atoms with E-state index in [2.05, 4.69) is 71.5 Å². The Labute approximate surface area is 166 Å². The largest absolute Gasteiger partial charge is 0.381 e. The van der Waals surface area contributed by atoms with Crippen LogP contribution < -0.4 is 15.8 Å². The van der Waals surface area contributed by atoms with E-state index in [0.29, 0.717) is 6.54 Å². The molecule has 1 aromatic heterocycles. The summed E-state index contributed by atoms with van der Waals surface area (Å²) in [5, 5.41) is 4.46. The highest BCUT2D eigenvalue weighted by Gasteiger charge is 2.16. The van der Waals surface area contributed by atoms with Crippen LogP contribution in [0.1, 0.15) is 37.8 Å². The average Bonchev–Trinajstić information content (AvgIpc) is 2.72. The SMILES string of the molecule is CCc1ccc2cc(CNc3ccc(N4CCC[C@H](C)C4)cc3)c(=O)[nH]c2c1. The third kappa shape index (κ3) is 4.06. The lowest BCUT2D eigenvalue weighted by Crippen LogP contribution is -2.34. The summed E-state index contributed by atoms with van der Waals surface area (Å²) in [5.74, 6) is 0.764. The number of pyridine rings is 1. The average molecular weight is 376 g/mol. The zero-order valence-corrected chi connectivity index (χ0v) is 16.8. The molecule has 1 aliphatic rings. The van der Waals surface area contributed by atoms with Crippen LogP contribution in [0.3, 0.4) is 0 Å². The smallest absolute Gasteiger partial charge is 0.253 e. The van der Waals surface area contributed by atoms with Gasteiger partial charge < -0.3 is 15.2 Å². The first-order chi connectivity index (χ1) is 13.6. The van der Waals surface area contributed by atoms with E-state index in [1.54, 1.807) is 0 Å². The summed E-state index contributed by atoms with van der Waals surface area (Å²) in [6.45, 7) is 7.24. The minimum absolute atomic E-state index is 0.0211. The van der Waals surface area contributed by atoms with Gasteiger partial charge in [0, 0.05) is 42.1 Å². The highest BCUT2D eigenvalue weighted by atomic mass is 16.1. The molecule has 0 saturated carbocycles. The van der Waals surface area contributed by atoms with Crippen LogP contribution in [0.4, 0.5) is 11.4 Å². The molecule has 1 fully saturated rings. The van der Waals surface area contributed by atoms with Gasteiger partial charge in [-0.05, 0) is 72.5 Å². The van der Waals surface area contributed by atoms with Gasteiger partial charge >= 0.3 is 0 Å². The predicted molar refractivity (Wildman–Crippen MR) is 118 cm³/mol. The summed E-state index contributed by atoms with van der Waals surface area (Å²) < 4.78 is 0. The third-order valence-electron chi connectivity index (χ3n) is 5.77. The molecule has 1 aliphatic heterocycles. The number of aryl methyl sites for hydroxylation is 1. The van der Waals surface area contributed by atoms with Gasteiger partial charge in [-0.3, -0.25) is 4.79 Å². The molecular weight excluding hydrogens is 346 g/mol. The number of piperidine rings is 1. The van der Waals surface area contributed by atoms with Crippen LogP contribution in [0.5, 0.6) is 0 Å². The van der Waals surface area contributed by atoms with E-state index in [4.69, 9.17) is 0 Å². The highest BCUT2D eigenvalue weighted by Crippen LogP contribution is 2.24. The monoisotopic (exact) mass is 375 g/mol. The van der Waals surface area contributed by atoms with Crippen molar-refractivity contribution in [1.82, 2.24) is 4.98 Å². The molecule has 0 radical (unpaired) electrons. The summed E-state index contributed by atoms with van der Waals surface area (Å²) in [6, 6.07) is 16.8. The number of H-pyrrole nitrogens is 1. The van der Waals surface area contributed by atoms with Gasteiger partial charge in [0.05, 0.1) is 0 Å². The highest BCUT2D eigenvalue weighted by molar-refractivity contribution is 5.79. The first-order valence-electron chi connectivity index (χ1n) is 10.4. The lowest BCUT2D eigenvalue weighted by atomic mass is 10.00. The van der Waals surface area contributed by atoms with Crippen LogP contribution >= 0.6 is 0 Å². The van der Waals surface area contributed by atoms with Gasteiger partial charge in [0.25, 0.3) is 5.56 Å². The van der Waals surface area contributed by atoms with Crippen LogP contribution in [0, 0.1) is 5.92 Å². The van der Waals surface area contributed by atoms with Crippen molar-refractivity contribution in [3.63, 3.8) is 0 Å². The Morgan fingerprint density at radius 2 is 1.96 bits per heavy atom. The Morgan fingerprint density at radius 1 is 1.14 bits per heavy atom. The molecule has 146 valence electrons. The molecular formula is C24H29N3O. The van der Waals surface area contributed by atoms with Crippen LogP contribution in [-0.4, -0.2) is 18.1 Å². The standard InChI is InChI=1S/C24H29N3O/c1-3-18-6-7-19-14-20(24(28)26-23(19)13-18)15-25-21-8-10-22(11-9-21)27-12-4-5-17(2)16-27/h6-11,13-14,17,25H,3-5,12,15-16H2,1-2H3,(H,26,28)/t17-/m0/s1. The Morgan fingerprint density at radius 3 is 2.71 bits per heavy atom. The number of nitrogens with zero attached hydrogens (tertiary/aromatic N) is 1. The van der Waals surface area contributed by atoms with Crippen molar-refractivity contribution < 1.29 is 0 Å². The van der Waals surface area contributed by atoms with Crippen molar-refractivity contribution in [2.75, 3.05) is 23.3 Å². The van der Waals surface area contributed by atoms with E-state index < -0.39 is 0 Å². The number of benzene rings is 2. The number of aromatic amines is 1. The van der Waals surface area contributed by atoms with Gasteiger partial charge in [0.15, 0.2) is 0 Å². The number of hydrogen-bond donors (Lipinski definition) is 2. The normalized spacial score (nSPS) is 17.1. The molecule has 28 heavy (non-hydrogen) atoms. The zero-order valence-electron chi connectivity index (χ0n) is 16.8. The number of anilines is 2. The van der Waals surface area contributed by atoms with Gasteiger partial charge in [0.1, 0.15) is 0 Å². The van der Waals surface area contributed by atoms with Gasteiger partial charge in [-0.15, -0.1) is 0 Å². The quantitative estimate of drug-likeness (QED) is 0.664. The van der Waals surface area contributed by atoms with E-state index in [1.807, 2.05) is 6.07 Å². The minimum atomic E-state index is -0.0211. The molecule has 1 saturated heterocycles. The van der Waals surface area contributed by atoms with E-state index in [0.717, 1.165) is 47.6 Å². The zero-order chi connectivity index (χ0) is 19.5. The summed E-state index contributed by atoms with van der Waals surface area (Å²) in [5.41, 5.74) is 5.20. The van der Waals surface area contributed by atoms with Crippen LogP contribution in [0.2, 0.25) is 0 Å². The molecule has 0 bridgehead atoms.